The SMILES string of the molecule is O=C(C1CCCCC1)N1CCC2(CC1)NC(=O)N(CCOc1ccccc1)C2=O. The molecule has 0 atom stereocenters. The summed E-state index contributed by atoms with van der Waals surface area (Å²) in [5.41, 5.74) is -0.868. The Morgan fingerprint density at radius 2 is 1.76 bits per heavy atom. The van der Waals surface area contributed by atoms with Gasteiger partial charge in [-0.15, -0.1) is 0 Å². The van der Waals surface area contributed by atoms with Crippen molar-refractivity contribution in [1.82, 2.24) is 15.1 Å². The highest BCUT2D eigenvalue weighted by Gasteiger charge is 2.52. The van der Waals surface area contributed by atoms with Crippen LogP contribution in [0.5, 0.6) is 5.75 Å². The van der Waals surface area contributed by atoms with E-state index in [4.69, 9.17) is 4.74 Å². The van der Waals surface area contributed by atoms with Crippen LogP contribution in [0.25, 0.3) is 0 Å². The summed E-state index contributed by atoms with van der Waals surface area (Å²) in [7, 11) is 0. The minimum atomic E-state index is -0.868. The lowest BCUT2D eigenvalue weighted by Gasteiger charge is -2.39. The fourth-order valence-electron chi connectivity index (χ4n) is 4.71. The number of hydrogen-bond acceptors (Lipinski definition) is 4. The third kappa shape index (κ3) is 4.09. The van der Waals surface area contributed by atoms with E-state index in [0.717, 1.165) is 25.7 Å². The highest BCUT2D eigenvalue weighted by atomic mass is 16.5. The Kier molecular flexibility index (Phi) is 5.74. The first-order chi connectivity index (χ1) is 14.1. The minimum absolute atomic E-state index is 0.137. The van der Waals surface area contributed by atoms with E-state index in [9.17, 15) is 14.4 Å². The molecule has 1 aromatic carbocycles. The summed E-state index contributed by atoms with van der Waals surface area (Å²) in [6.45, 7) is 1.52. The number of para-hydroxylation sites is 1. The maximum absolute atomic E-state index is 13.0. The second-order valence-corrected chi connectivity index (χ2v) is 8.29. The smallest absolute Gasteiger partial charge is 0.325 e. The van der Waals surface area contributed by atoms with Gasteiger partial charge in [0.1, 0.15) is 17.9 Å². The average molecular weight is 399 g/mol. The number of rotatable bonds is 5. The van der Waals surface area contributed by atoms with Crippen molar-refractivity contribution in [2.75, 3.05) is 26.2 Å². The molecule has 1 N–H and O–H groups in total. The predicted octanol–water partition coefficient (Wildman–Crippen LogP) is 2.56. The minimum Gasteiger partial charge on any atom is -0.492 e. The molecule has 156 valence electrons. The van der Waals surface area contributed by atoms with Crippen molar-refractivity contribution in [2.45, 2.75) is 50.5 Å². The van der Waals surface area contributed by atoms with Crippen LogP contribution in [0.2, 0.25) is 0 Å². The lowest BCUT2D eigenvalue weighted by molar-refractivity contribution is -0.141. The number of nitrogens with zero attached hydrogens (tertiary/aromatic N) is 2. The van der Waals surface area contributed by atoms with Crippen LogP contribution >= 0.6 is 0 Å². The zero-order valence-corrected chi connectivity index (χ0v) is 16.8. The van der Waals surface area contributed by atoms with Gasteiger partial charge in [0.2, 0.25) is 5.91 Å². The summed E-state index contributed by atoms with van der Waals surface area (Å²) in [5.74, 6) is 0.885. The van der Waals surface area contributed by atoms with Crippen molar-refractivity contribution >= 4 is 17.8 Å². The molecule has 7 heteroatoms. The Morgan fingerprint density at radius 1 is 1.07 bits per heavy atom. The Bertz CT molecular complexity index is 753. The van der Waals surface area contributed by atoms with E-state index in [0.29, 0.717) is 31.7 Å². The van der Waals surface area contributed by atoms with Crippen LogP contribution in [0.1, 0.15) is 44.9 Å². The molecular formula is C22H29N3O4. The Morgan fingerprint density at radius 3 is 2.45 bits per heavy atom. The first-order valence-corrected chi connectivity index (χ1v) is 10.7. The van der Waals surface area contributed by atoms with Crippen LogP contribution in [0.15, 0.2) is 30.3 Å². The molecule has 4 amide bonds. The molecule has 1 spiro atoms. The summed E-state index contributed by atoms with van der Waals surface area (Å²) in [6.07, 6.45) is 6.39. The van der Waals surface area contributed by atoms with Crippen molar-refractivity contribution in [2.24, 2.45) is 5.92 Å². The van der Waals surface area contributed by atoms with Crippen LogP contribution < -0.4 is 10.1 Å². The Hall–Kier alpha value is -2.57. The van der Waals surface area contributed by atoms with Crippen LogP contribution in [-0.2, 0) is 9.59 Å². The molecule has 1 aromatic rings. The van der Waals surface area contributed by atoms with Gasteiger partial charge in [0.25, 0.3) is 5.91 Å². The molecule has 0 radical (unpaired) electrons. The van der Waals surface area contributed by atoms with E-state index >= 15 is 0 Å². The fraction of sp³-hybridized carbons (Fsp3) is 0.591. The van der Waals surface area contributed by atoms with E-state index in [-0.39, 0.29) is 36.9 Å². The average Bonchev–Trinajstić information content (AvgIpc) is 2.99. The number of urea groups is 1. The Labute approximate surface area is 171 Å². The van der Waals surface area contributed by atoms with Crippen molar-refractivity contribution in [3.8, 4) is 5.75 Å². The van der Waals surface area contributed by atoms with Gasteiger partial charge in [-0.3, -0.25) is 14.5 Å². The number of piperidine rings is 1. The molecule has 3 fully saturated rings. The molecule has 0 aromatic heterocycles. The second-order valence-electron chi connectivity index (χ2n) is 8.29. The van der Waals surface area contributed by atoms with Crippen LogP contribution in [0.4, 0.5) is 4.79 Å². The van der Waals surface area contributed by atoms with E-state index in [2.05, 4.69) is 5.32 Å². The number of hydrogen-bond donors (Lipinski definition) is 1. The summed E-state index contributed by atoms with van der Waals surface area (Å²) in [5, 5.41) is 2.90. The number of likely N-dealkylation sites (tertiary alicyclic amines) is 1. The first kappa shape index (κ1) is 19.7. The number of benzene rings is 1. The fourth-order valence-corrected chi connectivity index (χ4v) is 4.71. The third-order valence-corrected chi connectivity index (χ3v) is 6.46. The maximum Gasteiger partial charge on any atom is 0.325 e. The second kappa shape index (κ2) is 8.43. The van der Waals surface area contributed by atoms with Gasteiger partial charge in [-0.25, -0.2) is 4.79 Å². The van der Waals surface area contributed by atoms with Crippen molar-refractivity contribution in [3.05, 3.63) is 30.3 Å². The van der Waals surface area contributed by atoms with Crippen LogP contribution in [-0.4, -0.2) is 59.4 Å². The van der Waals surface area contributed by atoms with Crippen molar-refractivity contribution in [1.29, 1.82) is 0 Å². The number of nitrogens with one attached hydrogen (secondary N) is 1. The molecule has 1 aliphatic carbocycles. The maximum atomic E-state index is 13.0. The van der Waals surface area contributed by atoms with Gasteiger partial charge < -0.3 is 15.0 Å². The molecule has 0 bridgehead atoms. The molecule has 2 aliphatic heterocycles. The lowest BCUT2D eigenvalue weighted by Crippen LogP contribution is -2.56. The largest absolute Gasteiger partial charge is 0.492 e. The quantitative estimate of drug-likeness (QED) is 0.772. The van der Waals surface area contributed by atoms with Crippen LogP contribution in [0.3, 0.4) is 0 Å². The van der Waals surface area contributed by atoms with Crippen molar-refractivity contribution < 1.29 is 19.1 Å². The molecule has 3 aliphatic rings. The van der Waals surface area contributed by atoms with E-state index in [1.165, 1.54) is 11.3 Å². The molecule has 7 nitrogen and oxygen atoms in total. The van der Waals surface area contributed by atoms with E-state index in [1.54, 1.807) is 0 Å². The standard InChI is InChI=1S/C22H29N3O4/c26-19(17-7-3-1-4-8-17)24-13-11-22(12-14-24)20(27)25(21(28)23-22)15-16-29-18-9-5-2-6-10-18/h2,5-6,9-10,17H,1,3-4,7-8,11-16H2,(H,23,28). The summed E-state index contributed by atoms with van der Waals surface area (Å²) in [4.78, 5) is 41.3. The zero-order chi connectivity index (χ0) is 20.3. The highest BCUT2D eigenvalue weighted by molar-refractivity contribution is 6.07. The number of ether oxygens (including phenoxy) is 1. The number of amides is 4. The van der Waals surface area contributed by atoms with E-state index < -0.39 is 5.54 Å². The monoisotopic (exact) mass is 399 g/mol. The molecule has 2 saturated heterocycles. The molecule has 29 heavy (non-hydrogen) atoms. The van der Waals surface area contributed by atoms with Crippen LogP contribution in [0, 0.1) is 5.92 Å². The van der Waals surface area contributed by atoms with Crippen molar-refractivity contribution in [3.63, 3.8) is 0 Å². The van der Waals surface area contributed by atoms with Gasteiger partial charge in [0.15, 0.2) is 0 Å². The number of carbonyl (C=O) groups is 3. The Balaban J connectivity index is 1.30. The molecular weight excluding hydrogens is 370 g/mol. The normalized spacial score (nSPS) is 22.1. The number of carbonyl (C=O) groups excluding carboxylic acids is 3. The summed E-state index contributed by atoms with van der Waals surface area (Å²) in [6, 6.07) is 8.97. The first-order valence-electron chi connectivity index (χ1n) is 10.7. The third-order valence-electron chi connectivity index (χ3n) is 6.46. The van der Waals surface area contributed by atoms with Gasteiger partial charge in [0.05, 0.1) is 6.54 Å². The van der Waals surface area contributed by atoms with Gasteiger partial charge in [-0.2, -0.15) is 0 Å². The molecule has 2 heterocycles. The number of imide groups is 1. The predicted molar refractivity (Wildman–Crippen MR) is 107 cm³/mol. The van der Waals surface area contributed by atoms with E-state index in [1.807, 2.05) is 35.2 Å². The molecule has 1 saturated carbocycles. The summed E-state index contributed by atoms with van der Waals surface area (Å²) >= 11 is 0. The highest BCUT2D eigenvalue weighted by Crippen LogP contribution is 2.32. The zero-order valence-electron chi connectivity index (χ0n) is 16.8. The lowest BCUT2D eigenvalue weighted by atomic mass is 9.84. The van der Waals surface area contributed by atoms with Gasteiger partial charge >= 0.3 is 6.03 Å². The molecule has 0 unspecified atom stereocenters. The summed E-state index contributed by atoms with van der Waals surface area (Å²) < 4.78 is 5.63. The topological polar surface area (TPSA) is 79.0 Å². The molecule has 4 rings (SSSR count). The van der Waals surface area contributed by atoms with Gasteiger partial charge in [-0.05, 0) is 37.8 Å². The van der Waals surface area contributed by atoms with Gasteiger partial charge in [-0.1, -0.05) is 37.5 Å². The van der Waals surface area contributed by atoms with Gasteiger partial charge in [0, 0.05) is 19.0 Å².